The Bertz CT molecular complexity index is 1370. The van der Waals surface area contributed by atoms with E-state index < -0.39 is 0 Å². The van der Waals surface area contributed by atoms with Crippen molar-refractivity contribution in [1.29, 1.82) is 0 Å². The monoisotopic (exact) mass is 552 g/mol. The lowest BCUT2D eigenvalue weighted by atomic mass is 10.1. The summed E-state index contributed by atoms with van der Waals surface area (Å²) in [6, 6.07) is 18.6. The van der Waals surface area contributed by atoms with Crippen LogP contribution in [0.25, 0.3) is 17.1 Å². The number of amides is 1. The number of carbonyl (C=O) groups is 1. The standard InChI is InChI=1S/C26H25BrN4O3S/c1-4-34-23-8-6-5-7-20(23)28-24(33)15-35-26-30-29-25(19-14-18(27)10-12-22(19)32)31(26)21-11-9-16(2)13-17(21)3/h5-14,32H,4,15H2,1-3H3,(H,28,33). The lowest BCUT2D eigenvalue weighted by Gasteiger charge is -2.14. The Morgan fingerprint density at radius 1 is 1.11 bits per heavy atom. The van der Waals surface area contributed by atoms with E-state index in [9.17, 15) is 9.90 Å². The number of rotatable bonds is 8. The van der Waals surface area contributed by atoms with E-state index in [0.717, 1.165) is 21.3 Å². The summed E-state index contributed by atoms with van der Waals surface area (Å²) in [4.78, 5) is 12.8. The fraction of sp³-hybridized carbons (Fsp3) is 0.192. The van der Waals surface area contributed by atoms with Crippen LogP contribution in [0.1, 0.15) is 18.1 Å². The van der Waals surface area contributed by atoms with Crippen LogP contribution in [0.5, 0.6) is 11.5 Å². The van der Waals surface area contributed by atoms with Crippen LogP contribution in [0.2, 0.25) is 0 Å². The SMILES string of the molecule is CCOc1ccccc1NC(=O)CSc1nnc(-c2cc(Br)ccc2O)n1-c1ccc(C)cc1C. The number of hydrogen-bond donors (Lipinski definition) is 2. The van der Waals surface area contributed by atoms with E-state index in [1.807, 2.05) is 55.7 Å². The Hall–Kier alpha value is -3.30. The van der Waals surface area contributed by atoms with E-state index in [4.69, 9.17) is 4.74 Å². The second kappa shape index (κ2) is 11.0. The smallest absolute Gasteiger partial charge is 0.234 e. The first-order chi connectivity index (χ1) is 16.9. The van der Waals surface area contributed by atoms with Crippen LogP contribution >= 0.6 is 27.7 Å². The summed E-state index contributed by atoms with van der Waals surface area (Å²) < 4.78 is 8.28. The van der Waals surface area contributed by atoms with Crippen molar-refractivity contribution in [3.8, 4) is 28.6 Å². The van der Waals surface area contributed by atoms with Crippen LogP contribution in [0.15, 0.2) is 70.3 Å². The van der Waals surface area contributed by atoms with Gasteiger partial charge >= 0.3 is 0 Å². The number of aromatic hydroxyl groups is 1. The molecule has 0 saturated carbocycles. The zero-order valence-corrected chi connectivity index (χ0v) is 22.0. The molecule has 7 nitrogen and oxygen atoms in total. The minimum Gasteiger partial charge on any atom is -0.507 e. The van der Waals surface area contributed by atoms with E-state index in [0.29, 0.717) is 34.6 Å². The number of halogens is 1. The van der Waals surface area contributed by atoms with Gasteiger partial charge in [0.05, 0.1) is 29.3 Å². The highest BCUT2D eigenvalue weighted by Crippen LogP contribution is 2.35. The fourth-order valence-electron chi connectivity index (χ4n) is 3.67. The van der Waals surface area contributed by atoms with Crippen LogP contribution < -0.4 is 10.1 Å². The molecule has 0 aliphatic heterocycles. The number of carbonyl (C=O) groups excluding carboxylic acids is 1. The highest BCUT2D eigenvalue weighted by atomic mass is 79.9. The van der Waals surface area contributed by atoms with E-state index >= 15 is 0 Å². The molecule has 0 aliphatic carbocycles. The number of nitrogens with one attached hydrogen (secondary N) is 1. The number of para-hydroxylation sites is 2. The van der Waals surface area contributed by atoms with Crippen molar-refractivity contribution in [1.82, 2.24) is 14.8 Å². The molecule has 0 spiro atoms. The lowest BCUT2D eigenvalue weighted by molar-refractivity contribution is -0.113. The first-order valence-electron chi connectivity index (χ1n) is 11.0. The number of phenols is 1. The summed E-state index contributed by atoms with van der Waals surface area (Å²) in [6.07, 6.45) is 0. The van der Waals surface area contributed by atoms with E-state index in [-0.39, 0.29) is 17.4 Å². The normalized spacial score (nSPS) is 10.9. The second-order valence-corrected chi connectivity index (χ2v) is 9.72. The number of aryl methyl sites for hydroxylation is 2. The molecule has 3 aromatic carbocycles. The van der Waals surface area contributed by atoms with Gasteiger partial charge in [0.25, 0.3) is 0 Å². The number of nitrogens with zero attached hydrogens (tertiary/aromatic N) is 3. The third-order valence-corrected chi connectivity index (χ3v) is 6.64. The predicted octanol–water partition coefficient (Wildman–Crippen LogP) is 6.15. The average molecular weight is 553 g/mol. The molecule has 0 saturated heterocycles. The molecule has 4 rings (SSSR count). The largest absolute Gasteiger partial charge is 0.507 e. The molecule has 1 aromatic heterocycles. The van der Waals surface area contributed by atoms with Crippen LogP contribution in [0.3, 0.4) is 0 Å². The Morgan fingerprint density at radius 2 is 1.91 bits per heavy atom. The van der Waals surface area contributed by atoms with E-state index in [2.05, 4.69) is 37.5 Å². The molecule has 0 unspecified atom stereocenters. The maximum Gasteiger partial charge on any atom is 0.234 e. The molecule has 4 aromatic rings. The highest BCUT2D eigenvalue weighted by Gasteiger charge is 2.21. The molecule has 0 atom stereocenters. The molecule has 9 heteroatoms. The summed E-state index contributed by atoms with van der Waals surface area (Å²) in [5.41, 5.74) is 4.19. The Labute approximate surface area is 216 Å². The van der Waals surface area contributed by atoms with Gasteiger partial charge in [0.15, 0.2) is 11.0 Å². The minimum atomic E-state index is -0.191. The summed E-state index contributed by atoms with van der Waals surface area (Å²) in [6.45, 7) is 6.45. The van der Waals surface area contributed by atoms with Crippen LogP contribution in [0, 0.1) is 13.8 Å². The molecular formula is C26H25BrN4O3S. The molecule has 0 radical (unpaired) electrons. The molecule has 180 valence electrons. The van der Waals surface area contributed by atoms with Gasteiger partial charge in [-0.25, -0.2) is 0 Å². The summed E-state index contributed by atoms with van der Waals surface area (Å²) in [5, 5.41) is 22.8. The van der Waals surface area contributed by atoms with Crippen molar-refractivity contribution in [2.75, 3.05) is 17.7 Å². The summed E-state index contributed by atoms with van der Waals surface area (Å²) in [5.74, 6) is 1.13. The molecular weight excluding hydrogens is 528 g/mol. The zero-order chi connectivity index (χ0) is 24.9. The van der Waals surface area contributed by atoms with E-state index in [1.54, 1.807) is 24.3 Å². The number of hydrogen-bond acceptors (Lipinski definition) is 6. The molecule has 0 fully saturated rings. The van der Waals surface area contributed by atoms with Crippen molar-refractivity contribution in [2.24, 2.45) is 0 Å². The van der Waals surface area contributed by atoms with Crippen LogP contribution in [-0.4, -0.2) is 38.1 Å². The van der Waals surface area contributed by atoms with Crippen molar-refractivity contribution >= 4 is 39.3 Å². The quantitative estimate of drug-likeness (QED) is 0.255. The van der Waals surface area contributed by atoms with Crippen LogP contribution in [0.4, 0.5) is 5.69 Å². The maximum absolute atomic E-state index is 12.8. The predicted molar refractivity (Wildman–Crippen MR) is 143 cm³/mol. The zero-order valence-electron chi connectivity index (χ0n) is 19.6. The fourth-order valence-corrected chi connectivity index (χ4v) is 4.77. The van der Waals surface area contributed by atoms with Gasteiger partial charge in [0.1, 0.15) is 11.5 Å². The molecule has 0 aliphatic rings. The lowest BCUT2D eigenvalue weighted by Crippen LogP contribution is -2.15. The van der Waals surface area contributed by atoms with Gasteiger partial charge in [-0.2, -0.15) is 0 Å². The van der Waals surface area contributed by atoms with Gasteiger partial charge in [-0.3, -0.25) is 9.36 Å². The number of anilines is 1. The first-order valence-corrected chi connectivity index (χ1v) is 12.8. The summed E-state index contributed by atoms with van der Waals surface area (Å²) in [7, 11) is 0. The minimum absolute atomic E-state index is 0.0911. The average Bonchev–Trinajstić information content (AvgIpc) is 3.24. The highest BCUT2D eigenvalue weighted by molar-refractivity contribution is 9.10. The van der Waals surface area contributed by atoms with Crippen molar-refractivity contribution < 1.29 is 14.6 Å². The molecule has 0 bridgehead atoms. The number of ether oxygens (including phenoxy) is 1. The van der Waals surface area contributed by atoms with Gasteiger partial charge in [-0.15, -0.1) is 10.2 Å². The number of thioether (sulfide) groups is 1. The Kier molecular flexibility index (Phi) is 7.77. The topological polar surface area (TPSA) is 89.3 Å². The Balaban J connectivity index is 1.66. The van der Waals surface area contributed by atoms with Gasteiger partial charge in [0, 0.05) is 4.47 Å². The van der Waals surface area contributed by atoms with Gasteiger partial charge < -0.3 is 15.2 Å². The van der Waals surface area contributed by atoms with Gasteiger partial charge in [-0.05, 0) is 62.7 Å². The molecule has 1 amide bonds. The Morgan fingerprint density at radius 3 is 2.69 bits per heavy atom. The summed E-state index contributed by atoms with van der Waals surface area (Å²) >= 11 is 4.74. The third kappa shape index (κ3) is 5.68. The maximum atomic E-state index is 12.8. The van der Waals surface area contributed by atoms with Gasteiger partial charge in [0.2, 0.25) is 5.91 Å². The second-order valence-electron chi connectivity index (χ2n) is 7.86. The van der Waals surface area contributed by atoms with E-state index in [1.165, 1.54) is 11.8 Å². The number of aromatic nitrogens is 3. The van der Waals surface area contributed by atoms with Gasteiger partial charge in [-0.1, -0.05) is 57.5 Å². The molecule has 35 heavy (non-hydrogen) atoms. The van der Waals surface area contributed by atoms with Crippen molar-refractivity contribution in [2.45, 2.75) is 25.9 Å². The molecule has 2 N–H and O–H groups in total. The number of benzene rings is 3. The molecule has 1 heterocycles. The number of phenolic OH excluding ortho intramolecular Hbond substituents is 1. The van der Waals surface area contributed by atoms with Crippen molar-refractivity contribution in [3.05, 3.63) is 76.3 Å². The van der Waals surface area contributed by atoms with Crippen LogP contribution in [-0.2, 0) is 4.79 Å². The van der Waals surface area contributed by atoms with Crippen molar-refractivity contribution in [3.63, 3.8) is 0 Å². The third-order valence-electron chi connectivity index (χ3n) is 5.22. The first kappa shape index (κ1) is 24.8.